The standard InChI is InChI=1S/C10H11FN2O/c1-10(2,3)14-7-4-8(11)9(5-12)13-6-7/h4,6H,1-3H3. The van der Waals surface area contributed by atoms with Crippen LogP contribution in [-0.4, -0.2) is 10.6 Å². The number of ether oxygens (including phenoxy) is 1. The molecule has 0 aromatic carbocycles. The summed E-state index contributed by atoms with van der Waals surface area (Å²) in [6.45, 7) is 5.55. The number of rotatable bonds is 1. The van der Waals surface area contributed by atoms with Gasteiger partial charge in [0.05, 0.1) is 6.20 Å². The van der Waals surface area contributed by atoms with Gasteiger partial charge in [-0.1, -0.05) is 0 Å². The monoisotopic (exact) mass is 194 g/mol. The van der Waals surface area contributed by atoms with Crippen LogP contribution in [0.25, 0.3) is 0 Å². The Morgan fingerprint density at radius 2 is 2.14 bits per heavy atom. The summed E-state index contributed by atoms with van der Waals surface area (Å²) in [7, 11) is 0. The second-order valence-corrected chi connectivity index (χ2v) is 3.83. The number of hydrogen-bond donors (Lipinski definition) is 0. The SMILES string of the molecule is CC(C)(C)Oc1cnc(C#N)c(F)c1. The summed E-state index contributed by atoms with van der Waals surface area (Å²) in [5.41, 5.74) is -0.617. The van der Waals surface area contributed by atoms with Crippen molar-refractivity contribution in [3.63, 3.8) is 0 Å². The fourth-order valence-electron chi connectivity index (χ4n) is 0.912. The van der Waals surface area contributed by atoms with Gasteiger partial charge in [0.25, 0.3) is 0 Å². The molecule has 3 nitrogen and oxygen atoms in total. The van der Waals surface area contributed by atoms with Gasteiger partial charge in [0, 0.05) is 6.07 Å². The zero-order valence-corrected chi connectivity index (χ0v) is 8.34. The minimum Gasteiger partial charge on any atom is -0.486 e. The van der Waals surface area contributed by atoms with E-state index in [0.717, 1.165) is 6.07 Å². The lowest BCUT2D eigenvalue weighted by Crippen LogP contribution is -2.23. The molecule has 0 radical (unpaired) electrons. The van der Waals surface area contributed by atoms with Gasteiger partial charge in [0.1, 0.15) is 17.4 Å². The van der Waals surface area contributed by atoms with Gasteiger partial charge in [-0.05, 0) is 20.8 Å². The van der Waals surface area contributed by atoms with Crippen LogP contribution in [0.2, 0.25) is 0 Å². The molecule has 0 spiro atoms. The number of halogens is 1. The highest BCUT2D eigenvalue weighted by Crippen LogP contribution is 2.18. The molecule has 0 saturated heterocycles. The number of aromatic nitrogens is 1. The largest absolute Gasteiger partial charge is 0.486 e. The van der Waals surface area contributed by atoms with Crippen LogP contribution in [0.15, 0.2) is 12.3 Å². The Morgan fingerprint density at radius 3 is 2.57 bits per heavy atom. The van der Waals surface area contributed by atoms with Crippen molar-refractivity contribution >= 4 is 0 Å². The molecule has 0 aliphatic rings. The Hall–Kier alpha value is -1.63. The average Bonchev–Trinajstić information content (AvgIpc) is 2.01. The summed E-state index contributed by atoms with van der Waals surface area (Å²) < 4.78 is 18.4. The lowest BCUT2D eigenvalue weighted by Gasteiger charge is -2.20. The summed E-state index contributed by atoms with van der Waals surface area (Å²) in [5.74, 6) is -0.330. The fourth-order valence-corrected chi connectivity index (χ4v) is 0.912. The first-order valence-electron chi connectivity index (χ1n) is 4.17. The molecular weight excluding hydrogens is 183 g/mol. The average molecular weight is 194 g/mol. The molecule has 4 heteroatoms. The Kier molecular flexibility index (Phi) is 2.70. The van der Waals surface area contributed by atoms with E-state index in [1.807, 2.05) is 20.8 Å². The zero-order chi connectivity index (χ0) is 10.8. The molecule has 0 N–H and O–H groups in total. The van der Waals surface area contributed by atoms with Crippen LogP contribution >= 0.6 is 0 Å². The van der Waals surface area contributed by atoms with E-state index in [9.17, 15) is 4.39 Å². The highest BCUT2D eigenvalue weighted by atomic mass is 19.1. The Labute approximate surface area is 82.1 Å². The van der Waals surface area contributed by atoms with Gasteiger partial charge < -0.3 is 4.74 Å². The van der Waals surface area contributed by atoms with Gasteiger partial charge in [-0.25, -0.2) is 9.37 Å². The molecule has 0 aliphatic carbocycles. The summed E-state index contributed by atoms with van der Waals surface area (Å²) in [4.78, 5) is 3.62. The van der Waals surface area contributed by atoms with Gasteiger partial charge >= 0.3 is 0 Å². The molecule has 0 saturated carbocycles. The molecule has 74 valence electrons. The maximum Gasteiger partial charge on any atom is 0.176 e. The van der Waals surface area contributed by atoms with Gasteiger partial charge in [-0.2, -0.15) is 5.26 Å². The fraction of sp³-hybridized carbons (Fsp3) is 0.400. The minimum atomic E-state index is -0.658. The van der Waals surface area contributed by atoms with Crippen molar-refractivity contribution in [2.24, 2.45) is 0 Å². The molecule has 1 aromatic heterocycles. The Balaban J connectivity index is 2.94. The van der Waals surface area contributed by atoms with Crippen molar-refractivity contribution in [3.8, 4) is 11.8 Å². The number of nitriles is 1. The third kappa shape index (κ3) is 2.70. The van der Waals surface area contributed by atoms with Crippen LogP contribution in [-0.2, 0) is 0 Å². The van der Waals surface area contributed by atoms with Gasteiger partial charge in [-0.15, -0.1) is 0 Å². The first-order chi connectivity index (χ1) is 6.42. The van der Waals surface area contributed by atoms with Gasteiger partial charge in [-0.3, -0.25) is 0 Å². The van der Waals surface area contributed by atoms with Gasteiger partial charge in [0.2, 0.25) is 0 Å². The molecule has 0 amide bonds. The molecule has 0 bridgehead atoms. The lowest BCUT2D eigenvalue weighted by molar-refractivity contribution is 0.129. The van der Waals surface area contributed by atoms with Crippen molar-refractivity contribution in [3.05, 3.63) is 23.8 Å². The maximum atomic E-state index is 13.1. The maximum absolute atomic E-state index is 13.1. The molecular formula is C10H11FN2O. The Morgan fingerprint density at radius 1 is 1.50 bits per heavy atom. The van der Waals surface area contributed by atoms with E-state index >= 15 is 0 Å². The van der Waals surface area contributed by atoms with Crippen molar-refractivity contribution in [2.45, 2.75) is 26.4 Å². The highest BCUT2D eigenvalue weighted by Gasteiger charge is 2.13. The van der Waals surface area contributed by atoms with Crippen LogP contribution in [0.1, 0.15) is 26.5 Å². The van der Waals surface area contributed by atoms with Crippen LogP contribution in [0.3, 0.4) is 0 Å². The molecule has 0 aliphatic heterocycles. The zero-order valence-electron chi connectivity index (χ0n) is 8.34. The third-order valence-corrected chi connectivity index (χ3v) is 1.35. The smallest absolute Gasteiger partial charge is 0.176 e. The van der Waals surface area contributed by atoms with Crippen molar-refractivity contribution in [2.75, 3.05) is 0 Å². The van der Waals surface area contributed by atoms with E-state index in [-0.39, 0.29) is 5.69 Å². The van der Waals surface area contributed by atoms with E-state index in [2.05, 4.69) is 4.98 Å². The van der Waals surface area contributed by atoms with E-state index in [1.165, 1.54) is 6.20 Å². The van der Waals surface area contributed by atoms with Gasteiger partial charge in [0.15, 0.2) is 11.5 Å². The third-order valence-electron chi connectivity index (χ3n) is 1.35. The molecule has 1 aromatic rings. The molecule has 14 heavy (non-hydrogen) atoms. The highest BCUT2D eigenvalue weighted by molar-refractivity contribution is 5.28. The van der Waals surface area contributed by atoms with Crippen molar-refractivity contribution < 1.29 is 9.13 Å². The first kappa shape index (κ1) is 10.5. The normalized spacial score (nSPS) is 10.8. The van der Waals surface area contributed by atoms with Crippen LogP contribution in [0.4, 0.5) is 4.39 Å². The minimum absolute atomic E-state index is 0.216. The topological polar surface area (TPSA) is 45.9 Å². The van der Waals surface area contributed by atoms with Crippen molar-refractivity contribution in [1.82, 2.24) is 4.98 Å². The molecule has 1 heterocycles. The number of nitrogens with zero attached hydrogens (tertiary/aromatic N) is 2. The lowest BCUT2D eigenvalue weighted by atomic mass is 10.2. The second-order valence-electron chi connectivity index (χ2n) is 3.83. The summed E-state index contributed by atoms with van der Waals surface area (Å²) in [6, 6.07) is 2.81. The second kappa shape index (κ2) is 3.62. The predicted octanol–water partition coefficient (Wildman–Crippen LogP) is 2.27. The van der Waals surface area contributed by atoms with E-state index in [0.29, 0.717) is 5.75 Å². The summed E-state index contributed by atoms with van der Waals surface area (Å²) in [5, 5.41) is 8.45. The quantitative estimate of drug-likeness (QED) is 0.688. The number of pyridine rings is 1. The van der Waals surface area contributed by atoms with Crippen molar-refractivity contribution in [1.29, 1.82) is 5.26 Å². The molecule has 0 unspecified atom stereocenters. The number of hydrogen-bond acceptors (Lipinski definition) is 3. The van der Waals surface area contributed by atoms with E-state index < -0.39 is 11.4 Å². The summed E-state index contributed by atoms with van der Waals surface area (Å²) >= 11 is 0. The summed E-state index contributed by atoms with van der Waals surface area (Å²) in [6.07, 6.45) is 1.34. The molecule has 0 fully saturated rings. The van der Waals surface area contributed by atoms with Crippen LogP contribution in [0, 0.1) is 17.1 Å². The Bertz CT molecular complexity index is 377. The van der Waals surface area contributed by atoms with E-state index in [1.54, 1.807) is 6.07 Å². The van der Waals surface area contributed by atoms with Crippen LogP contribution < -0.4 is 4.74 Å². The predicted molar refractivity (Wildman–Crippen MR) is 49.3 cm³/mol. The molecule has 0 atom stereocenters. The van der Waals surface area contributed by atoms with Crippen LogP contribution in [0.5, 0.6) is 5.75 Å². The van der Waals surface area contributed by atoms with E-state index in [4.69, 9.17) is 10.00 Å². The molecule has 1 rings (SSSR count). The first-order valence-corrected chi connectivity index (χ1v) is 4.17.